The van der Waals surface area contributed by atoms with Crippen LogP contribution in [0.4, 0.5) is 0 Å². The van der Waals surface area contributed by atoms with Crippen LogP contribution < -0.4 is 4.57 Å². The summed E-state index contributed by atoms with van der Waals surface area (Å²) < 4.78 is 4.80. The van der Waals surface area contributed by atoms with Gasteiger partial charge in [0.05, 0.1) is 14.1 Å². The second-order valence-corrected chi connectivity index (χ2v) is 12.2. The number of aromatic nitrogens is 2. The van der Waals surface area contributed by atoms with Crippen LogP contribution in [0.15, 0.2) is 6.33 Å². The number of unbranched alkanes of at least 4 members (excludes halogenated alkanes) is 24. The predicted molar refractivity (Wildman–Crippen MR) is 165 cm³/mol. The molecule has 1 rings (SSSR count). The lowest BCUT2D eigenvalue weighted by Gasteiger charge is -2.05. The average molecular weight is 518 g/mol. The summed E-state index contributed by atoms with van der Waals surface area (Å²) in [5.74, 6) is 0. The van der Waals surface area contributed by atoms with Gasteiger partial charge in [0.2, 0.25) is 6.33 Å². The van der Waals surface area contributed by atoms with Gasteiger partial charge in [-0.05, 0) is 12.8 Å². The molecular formula is C35H69N2+. The van der Waals surface area contributed by atoms with Crippen LogP contribution >= 0.6 is 0 Å². The van der Waals surface area contributed by atoms with Crippen molar-refractivity contribution >= 4 is 0 Å². The van der Waals surface area contributed by atoms with Crippen molar-refractivity contribution in [3.8, 4) is 0 Å². The highest BCUT2D eigenvalue weighted by molar-refractivity contribution is 5.08. The van der Waals surface area contributed by atoms with Gasteiger partial charge in [-0.3, -0.25) is 0 Å². The molecule has 0 bridgehead atoms. The third-order valence-corrected chi connectivity index (χ3v) is 8.57. The zero-order valence-electron chi connectivity index (χ0n) is 26.3. The highest BCUT2D eigenvalue weighted by atomic mass is 15.1. The molecule has 0 unspecified atom stereocenters. The molecule has 0 aliphatic carbocycles. The summed E-state index contributed by atoms with van der Waals surface area (Å²) >= 11 is 0. The van der Waals surface area contributed by atoms with E-state index in [4.69, 9.17) is 0 Å². The van der Waals surface area contributed by atoms with Crippen LogP contribution in [0.1, 0.15) is 192 Å². The van der Waals surface area contributed by atoms with Crippen LogP contribution in [0.5, 0.6) is 0 Å². The van der Waals surface area contributed by atoms with Crippen molar-refractivity contribution in [2.75, 3.05) is 0 Å². The molecule has 0 aromatic carbocycles. The molecule has 0 aliphatic rings. The lowest BCUT2D eigenvalue weighted by molar-refractivity contribution is -0.678. The number of imidazole rings is 1. The summed E-state index contributed by atoms with van der Waals surface area (Å²) in [7, 11) is 4.51. The second-order valence-electron chi connectivity index (χ2n) is 12.2. The van der Waals surface area contributed by atoms with E-state index >= 15 is 0 Å². The number of nitrogens with zero attached hydrogens (tertiary/aromatic N) is 2. The Bertz CT molecular complexity index is 552. The average Bonchev–Trinajstić information content (AvgIpc) is 3.16. The maximum absolute atomic E-state index is 2.40. The van der Waals surface area contributed by atoms with Crippen LogP contribution in [0.2, 0.25) is 0 Å². The summed E-state index contributed by atoms with van der Waals surface area (Å²) in [4.78, 5) is 0. The van der Waals surface area contributed by atoms with E-state index in [0.29, 0.717) is 0 Å². The monoisotopic (exact) mass is 518 g/mol. The van der Waals surface area contributed by atoms with Crippen molar-refractivity contribution in [3.05, 3.63) is 17.7 Å². The first kappa shape index (κ1) is 34.2. The Labute approximate surface area is 234 Å². The molecule has 218 valence electrons. The van der Waals surface area contributed by atoms with E-state index < -0.39 is 0 Å². The Hall–Kier alpha value is -0.790. The van der Waals surface area contributed by atoms with Gasteiger partial charge in [-0.1, -0.05) is 168 Å². The molecule has 1 aromatic heterocycles. The van der Waals surface area contributed by atoms with E-state index in [1.54, 1.807) is 11.4 Å². The van der Waals surface area contributed by atoms with E-state index in [1.165, 1.54) is 180 Å². The summed E-state index contributed by atoms with van der Waals surface area (Å²) in [5.41, 5.74) is 3.20. The molecule has 0 aliphatic heterocycles. The van der Waals surface area contributed by atoms with Crippen molar-refractivity contribution in [2.24, 2.45) is 14.1 Å². The zero-order chi connectivity index (χ0) is 26.8. The number of rotatable bonds is 28. The van der Waals surface area contributed by atoms with Crippen molar-refractivity contribution < 1.29 is 4.57 Å². The third-order valence-electron chi connectivity index (χ3n) is 8.57. The van der Waals surface area contributed by atoms with Crippen LogP contribution in [0.25, 0.3) is 0 Å². The van der Waals surface area contributed by atoms with Gasteiger partial charge in [-0.2, -0.15) is 0 Å². The summed E-state index contributed by atoms with van der Waals surface area (Å²) in [6, 6.07) is 0. The quantitative estimate of drug-likeness (QED) is 0.0771. The molecule has 1 aromatic rings. The Morgan fingerprint density at radius 1 is 0.459 bits per heavy atom. The molecule has 0 radical (unpaired) electrons. The van der Waals surface area contributed by atoms with E-state index in [9.17, 15) is 0 Å². The molecular weight excluding hydrogens is 448 g/mol. The molecule has 0 N–H and O–H groups in total. The van der Waals surface area contributed by atoms with E-state index in [0.717, 1.165) is 0 Å². The molecule has 0 saturated carbocycles. The largest absolute Gasteiger partial charge is 0.243 e. The Morgan fingerprint density at radius 2 is 0.757 bits per heavy atom. The van der Waals surface area contributed by atoms with E-state index in [2.05, 4.69) is 43.4 Å². The molecule has 37 heavy (non-hydrogen) atoms. The lowest BCUT2D eigenvalue weighted by Crippen LogP contribution is -2.30. The minimum absolute atomic E-state index is 1.27. The van der Waals surface area contributed by atoms with Gasteiger partial charge >= 0.3 is 0 Å². The predicted octanol–water partition coefficient (Wildman–Crippen LogP) is 11.1. The van der Waals surface area contributed by atoms with Gasteiger partial charge in [0, 0.05) is 12.8 Å². The summed E-state index contributed by atoms with van der Waals surface area (Å²) in [5, 5.41) is 0. The van der Waals surface area contributed by atoms with Gasteiger partial charge in [0.1, 0.15) is 11.4 Å². The zero-order valence-corrected chi connectivity index (χ0v) is 26.3. The smallest absolute Gasteiger partial charge is 0.237 e. The van der Waals surface area contributed by atoms with Gasteiger partial charge in [0.15, 0.2) is 0 Å². The molecule has 2 heteroatoms. The SMILES string of the molecule is CCCCCCCCCCCCCCCc1c(CCCCCCCCCCCCCCC)[n+](C)cn1C. The molecule has 2 nitrogen and oxygen atoms in total. The van der Waals surface area contributed by atoms with Gasteiger partial charge < -0.3 is 0 Å². The van der Waals surface area contributed by atoms with E-state index in [1.807, 2.05) is 0 Å². The molecule has 0 saturated heterocycles. The second kappa shape index (κ2) is 25.5. The molecule has 0 amide bonds. The van der Waals surface area contributed by atoms with Gasteiger partial charge in [0.25, 0.3) is 0 Å². The summed E-state index contributed by atoms with van der Waals surface area (Å²) in [6.07, 6.45) is 42.2. The van der Waals surface area contributed by atoms with E-state index in [-0.39, 0.29) is 0 Å². The van der Waals surface area contributed by atoms with Gasteiger partial charge in [-0.15, -0.1) is 0 Å². The van der Waals surface area contributed by atoms with Crippen LogP contribution in [-0.2, 0) is 26.9 Å². The first-order valence-corrected chi connectivity index (χ1v) is 17.2. The van der Waals surface area contributed by atoms with Crippen LogP contribution in [-0.4, -0.2) is 4.57 Å². The third kappa shape index (κ3) is 19.0. The fourth-order valence-corrected chi connectivity index (χ4v) is 6.07. The highest BCUT2D eigenvalue weighted by Gasteiger charge is 2.18. The summed E-state index contributed by atoms with van der Waals surface area (Å²) in [6.45, 7) is 4.61. The highest BCUT2D eigenvalue weighted by Crippen LogP contribution is 2.17. The molecule has 0 fully saturated rings. The Kier molecular flexibility index (Phi) is 23.6. The van der Waals surface area contributed by atoms with Crippen molar-refractivity contribution in [2.45, 2.75) is 194 Å². The minimum Gasteiger partial charge on any atom is -0.237 e. The van der Waals surface area contributed by atoms with Gasteiger partial charge in [-0.25, -0.2) is 9.13 Å². The minimum atomic E-state index is 1.27. The normalized spacial score (nSPS) is 11.6. The standard InChI is InChI=1S/C35H69N2/c1-5-7-9-11-13-15-17-19-21-23-25-27-29-31-34-35(37(4)33-36(34)3)32-30-28-26-24-22-20-18-16-14-12-10-8-6-2/h33H,5-32H2,1-4H3/q+1. The van der Waals surface area contributed by atoms with Crippen LogP contribution in [0, 0.1) is 0 Å². The number of hydrogen-bond acceptors (Lipinski definition) is 0. The number of aryl methyl sites for hydroxylation is 2. The first-order chi connectivity index (χ1) is 18.2. The Balaban J connectivity index is 2.02. The first-order valence-electron chi connectivity index (χ1n) is 17.2. The molecule has 0 atom stereocenters. The molecule has 0 spiro atoms. The fourth-order valence-electron chi connectivity index (χ4n) is 6.07. The number of hydrogen-bond donors (Lipinski definition) is 0. The topological polar surface area (TPSA) is 8.81 Å². The lowest BCUT2D eigenvalue weighted by atomic mass is 10.0. The van der Waals surface area contributed by atoms with Crippen molar-refractivity contribution in [3.63, 3.8) is 0 Å². The van der Waals surface area contributed by atoms with Crippen molar-refractivity contribution in [1.29, 1.82) is 0 Å². The van der Waals surface area contributed by atoms with Crippen molar-refractivity contribution in [1.82, 2.24) is 4.57 Å². The van der Waals surface area contributed by atoms with Crippen LogP contribution in [0.3, 0.4) is 0 Å². The molecule has 1 heterocycles. The maximum atomic E-state index is 2.40. The fraction of sp³-hybridized carbons (Fsp3) is 0.914. The maximum Gasteiger partial charge on any atom is 0.243 e. The Morgan fingerprint density at radius 3 is 1.11 bits per heavy atom.